The van der Waals surface area contributed by atoms with Crippen LogP contribution in [-0.2, 0) is 5.75 Å². The molecule has 0 unspecified atom stereocenters. The normalized spacial score (nSPS) is 10.9. The molecule has 0 spiro atoms. The summed E-state index contributed by atoms with van der Waals surface area (Å²) in [6, 6.07) is 0.122. The second-order valence-corrected chi connectivity index (χ2v) is 5.22. The molecule has 2 aromatic rings. The topological polar surface area (TPSA) is 120 Å². The van der Waals surface area contributed by atoms with E-state index in [0.717, 1.165) is 0 Å². The lowest BCUT2D eigenvalue weighted by Crippen LogP contribution is -2.08. The van der Waals surface area contributed by atoms with Crippen molar-refractivity contribution < 1.29 is 9.90 Å². The van der Waals surface area contributed by atoms with E-state index in [1.807, 2.05) is 13.8 Å². The lowest BCUT2D eigenvalue weighted by atomic mass is 10.2. The van der Waals surface area contributed by atoms with Gasteiger partial charge in [-0.25, -0.2) is 14.8 Å². The van der Waals surface area contributed by atoms with Gasteiger partial charge >= 0.3 is 5.97 Å². The van der Waals surface area contributed by atoms with Crippen LogP contribution in [0.2, 0.25) is 0 Å². The molecule has 0 amide bonds. The van der Waals surface area contributed by atoms with Gasteiger partial charge in [-0.05, 0) is 13.8 Å². The Morgan fingerprint density at radius 3 is 2.90 bits per heavy atom. The Morgan fingerprint density at radius 2 is 2.25 bits per heavy atom. The van der Waals surface area contributed by atoms with E-state index >= 15 is 0 Å². The van der Waals surface area contributed by atoms with Crippen LogP contribution in [0, 0.1) is 0 Å². The number of carboxylic acids is 1. The first-order valence-corrected chi connectivity index (χ1v) is 6.84. The Kier molecular flexibility index (Phi) is 4.18. The van der Waals surface area contributed by atoms with Crippen LogP contribution in [0.5, 0.6) is 0 Å². The van der Waals surface area contributed by atoms with E-state index in [2.05, 4.69) is 20.2 Å². The Bertz CT molecular complexity index is 627. The van der Waals surface area contributed by atoms with Crippen molar-refractivity contribution in [3.05, 3.63) is 23.8 Å². The Morgan fingerprint density at radius 1 is 1.50 bits per heavy atom. The highest BCUT2D eigenvalue weighted by Gasteiger charge is 2.16. The Balaban J connectivity index is 2.20. The monoisotopic (exact) mass is 294 g/mol. The molecule has 0 atom stereocenters. The molecule has 0 bridgehead atoms. The van der Waals surface area contributed by atoms with E-state index in [-0.39, 0.29) is 11.6 Å². The van der Waals surface area contributed by atoms with Gasteiger partial charge in [-0.2, -0.15) is 0 Å². The van der Waals surface area contributed by atoms with Crippen LogP contribution in [0.15, 0.2) is 17.7 Å². The summed E-state index contributed by atoms with van der Waals surface area (Å²) in [6.07, 6.45) is 2.61. The van der Waals surface area contributed by atoms with Gasteiger partial charge in [0, 0.05) is 18.0 Å². The number of aromatic nitrogens is 5. The Hall–Kier alpha value is -2.16. The molecular weight excluding hydrogens is 280 g/mol. The molecule has 0 aliphatic heterocycles. The van der Waals surface area contributed by atoms with Crippen LogP contribution >= 0.6 is 11.8 Å². The minimum atomic E-state index is -1.05. The van der Waals surface area contributed by atoms with E-state index in [0.29, 0.717) is 22.6 Å². The molecule has 9 heteroatoms. The van der Waals surface area contributed by atoms with Gasteiger partial charge < -0.3 is 10.8 Å². The second kappa shape index (κ2) is 5.87. The minimum absolute atomic E-state index is 0.0867. The second-order valence-electron chi connectivity index (χ2n) is 4.28. The van der Waals surface area contributed by atoms with Crippen LogP contribution in [0.1, 0.15) is 35.9 Å². The smallest absolute Gasteiger partial charge is 0.339 e. The number of carbonyl (C=O) groups is 1. The number of aromatic carboxylic acids is 1. The van der Waals surface area contributed by atoms with Crippen molar-refractivity contribution in [3.63, 3.8) is 0 Å². The van der Waals surface area contributed by atoms with E-state index in [4.69, 9.17) is 10.8 Å². The summed E-state index contributed by atoms with van der Waals surface area (Å²) in [7, 11) is 0. The van der Waals surface area contributed by atoms with Gasteiger partial charge in [-0.3, -0.25) is 4.57 Å². The van der Waals surface area contributed by atoms with Crippen LogP contribution < -0.4 is 5.73 Å². The quantitative estimate of drug-likeness (QED) is 0.790. The highest BCUT2D eigenvalue weighted by Crippen LogP contribution is 2.25. The molecule has 0 radical (unpaired) electrons. The highest BCUT2D eigenvalue weighted by atomic mass is 32.2. The van der Waals surface area contributed by atoms with Crippen molar-refractivity contribution in [3.8, 4) is 0 Å². The SMILES string of the molecule is CC(C)n1c(N)nnc1SCc1ncncc1C(=O)O. The van der Waals surface area contributed by atoms with Crippen molar-refractivity contribution >= 4 is 23.7 Å². The fourth-order valence-electron chi connectivity index (χ4n) is 1.65. The molecular formula is C11H14N6O2S. The summed E-state index contributed by atoms with van der Waals surface area (Å²) in [5.41, 5.74) is 6.27. The fourth-order valence-corrected chi connectivity index (χ4v) is 2.69. The molecule has 0 aliphatic rings. The molecule has 2 rings (SSSR count). The molecule has 3 N–H and O–H groups in total. The molecule has 0 aromatic carbocycles. The van der Waals surface area contributed by atoms with E-state index in [1.54, 1.807) is 4.57 Å². The number of carboxylic acid groups (broad SMARTS) is 1. The molecule has 20 heavy (non-hydrogen) atoms. The number of hydrogen-bond acceptors (Lipinski definition) is 7. The van der Waals surface area contributed by atoms with Crippen LogP contribution in [0.3, 0.4) is 0 Å². The molecule has 0 saturated heterocycles. The predicted molar refractivity (Wildman–Crippen MR) is 73.4 cm³/mol. The van der Waals surface area contributed by atoms with Gasteiger partial charge in [0.15, 0.2) is 5.16 Å². The number of thioether (sulfide) groups is 1. The zero-order chi connectivity index (χ0) is 14.7. The van der Waals surface area contributed by atoms with Crippen LogP contribution in [0.25, 0.3) is 0 Å². The van der Waals surface area contributed by atoms with Crippen molar-refractivity contribution in [2.24, 2.45) is 0 Å². The Labute approximate surface area is 119 Å². The van der Waals surface area contributed by atoms with E-state index < -0.39 is 5.97 Å². The zero-order valence-electron chi connectivity index (χ0n) is 11.0. The first kappa shape index (κ1) is 14.3. The lowest BCUT2D eigenvalue weighted by Gasteiger charge is -2.11. The number of nitrogens with two attached hydrogens (primary N) is 1. The lowest BCUT2D eigenvalue weighted by molar-refractivity contribution is 0.0695. The molecule has 0 aliphatic carbocycles. The maximum atomic E-state index is 11.1. The molecule has 8 nitrogen and oxygen atoms in total. The first-order valence-electron chi connectivity index (χ1n) is 5.86. The summed E-state index contributed by atoms with van der Waals surface area (Å²) < 4.78 is 1.78. The standard InChI is InChI=1S/C11H14N6O2S/c1-6(2)17-10(12)15-16-11(17)20-4-8-7(9(18)19)3-13-5-14-8/h3,5-6H,4H2,1-2H3,(H2,12,15)(H,18,19). The summed E-state index contributed by atoms with van der Waals surface area (Å²) >= 11 is 1.34. The molecule has 0 saturated carbocycles. The number of nitrogens with zero attached hydrogens (tertiary/aromatic N) is 5. The molecule has 106 valence electrons. The van der Waals surface area contributed by atoms with Gasteiger partial charge in [0.2, 0.25) is 5.95 Å². The van der Waals surface area contributed by atoms with Crippen molar-refractivity contribution in [1.29, 1.82) is 0 Å². The summed E-state index contributed by atoms with van der Waals surface area (Å²) in [6.45, 7) is 3.94. The average molecular weight is 294 g/mol. The number of rotatable bonds is 5. The third kappa shape index (κ3) is 2.87. The molecule has 2 heterocycles. The van der Waals surface area contributed by atoms with Crippen molar-refractivity contribution in [2.75, 3.05) is 5.73 Å². The molecule has 0 fully saturated rings. The van der Waals surface area contributed by atoms with E-state index in [1.165, 1.54) is 24.3 Å². The first-order chi connectivity index (χ1) is 9.50. The summed E-state index contributed by atoms with van der Waals surface area (Å²) in [5, 5.41) is 17.5. The maximum absolute atomic E-state index is 11.1. The van der Waals surface area contributed by atoms with Gasteiger partial charge in [-0.1, -0.05) is 11.8 Å². The fraction of sp³-hybridized carbons (Fsp3) is 0.364. The number of nitrogen functional groups attached to an aromatic ring is 1. The number of hydrogen-bond donors (Lipinski definition) is 2. The van der Waals surface area contributed by atoms with Gasteiger partial charge in [-0.15, -0.1) is 10.2 Å². The predicted octanol–water partition coefficient (Wildman–Crippen LogP) is 1.22. The summed E-state index contributed by atoms with van der Waals surface area (Å²) in [5.74, 6) is -0.357. The minimum Gasteiger partial charge on any atom is -0.478 e. The maximum Gasteiger partial charge on any atom is 0.339 e. The van der Waals surface area contributed by atoms with Crippen LogP contribution in [0.4, 0.5) is 5.95 Å². The average Bonchev–Trinajstić information content (AvgIpc) is 2.77. The number of anilines is 1. The van der Waals surface area contributed by atoms with Crippen LogP contribution in [-0.4, -0.2) is 35.8 Å². The summed E-state index contributed by atoms with van der Waals surface area (Å²) in [4.78, 5) is 18.8. The van der Waals surface area contributed by atoms with Crippen molar-refractivity contribution in [1.82, 2.24) is 24.7 Å². The largest absolute Gasteiger partial charge is 0.478 e. The van der Waals surface area contributed by atoms with E-state index in [9.17, 15) is 4.79 Å². The van der Waals surface area contributed by atoms with Gasteiger partial charge in [0.25, 0.3) is 0 Å². The highest BCUT2D eigenvalue weighted by molar-refractivity contribution is 7.98. The van der Waals surface area contributed by atoms with Gasteiger partial charge in [0.05, 0.1) is 5.69 Å². The van der Waals surface area contributed by atoms with Crippen molar-refractivity contribution in [2.45, 2.75) is 30.8 Å². The zero-order valence-corrected chi connectivity index (χ0v) is 11.8. The third-order valence-corrected chi connectivity index (χ3v) is 3.52. The van der Waals surface area contributed by atoms with Gasteiger partial charge in [0.1, 0.15) is 11.9 Å². The third-order valence-electron chi connectivity index (χ3n) is 2.57. The molecule has 2 aromatic heterocycles.